The summed E-state index contributed by atoms with van der Waals surface area (Å²) in [5.41, 5.74) is 0. The maximum atomic E-state index is 13.5. The number of hydrogen-bond donors (Lipinski definition) is 14. The van der Waals surface area contributed by atoms with Gasteiger partial charge in [-0.2, -0.15) is 0 Å². The van der Waals surface area contributed by atoms with Gasteiger partial charge < -0.3 is 100 Å². The van der Waals surface area contributed by atoms with Crippen LogP contribution >= 0.6 is 0 Å². The molecule has 0 aliphatic carbocycles. The summed E-state index contributed by atoms with van der Waals surface area (Å²) in [5, 5.41) is 136. The number of aliphatic hydroxyl groups excluding tert-OH is 11. The molecule has 97 heavy (non-hydrogen) atoms. The molecule has 0 aromatic carbocycles. The SMILES string of the molecule is CCCCCCCCCC/C=C/C(O)C(COC1OC(CO)C(OC2OC(CO)C(O)C(OC3(C(=O)O)CC(O)C(NC(C)=O)C(C(O)C(O)CO)O3)C2O)C(O)C1O)NC(=O)CCCCCCCCCCCCCCCCCCC/C=C\CCCCCCCCCCCCCC. The molecule has 0 bridgehead atoms. The highest BCUT2D eigenvalue weighted by molar-refractivity contribution is 5.77. The van der Waals surface area contributed by atoms with Crippen molar-refractivity contribution < 1.29 is 104 Å². The van der Waals surface area contributed by atoms with E-state index in [1.807, 2.05) is 6.08 Å². The third kappa shape index (κ3) is 35.3. The third-order valence-electron chi connectivity index (χ3n) is 19.4. The smallest absolute Gasteiger partial charge is 0.364 e. The van der Waals surface area contributed by atoms with Gasteiger partial charge in [-0.3, -0.25) is 9.59 Å². The number of rotatable bonds is 59. The lowest BCUT2D eigenvalue weighted by molar-refractivity contribution is -0.386. The molecule has 2 amide bonds. The molecule has 3 heterocycles. The maximum absolute atomic E-state index is 13.5. The molecule has 0 aromatic heterocycles. The highest BCUT2D eigenvalue weighted by Gasteiger charge is 2.60. The van der Waals surface area contributed by atoms with Crippen LogP contribution in [0.1, 0.15) is 290 Å². The number of carboxylic acid groups (broad SMARTS) is 1. The van der Waals surface area contributed by atoms with Crippen molar-refractivity contribution >= 4 is 17.8 Å². The number of nitrogens with one attached hydrogen (secondary N) is 2. The second-order valence-electron chi connectivity index (χ2n) is 27.9. The standard InChI is InChI=1S/C74H136N2O21/c1-4-6-8-10-12-14-16-17-18-19-20-21-22-23-24-25-26-27-28-29-30-31-32-33-34-35-36-37-38-40-42-44-46-48-61(84)76-55(56(81)47-45-43-41-39-15-13-11-9-7-5-2)53-92-71-66(88)65(87)68(60(52-79)94-71)95-72-67(89)70(64(86)59(51-78)93-72)97-74(73(90)91)49-57(82)62(75-54(3)80)69(96-74)63(85)58(83)50-77/h23-24,45,47,55-60,62-72,77-79,81-83,85-89H,4-22,25-44,46,48-53H2,1-3H3,(H,75,80)(H,76,84)(H,90,91)/b24-23-,47-45+. The minimum Gasteiger partial charge on any atom is -0.477 e. The molecule has 568 valence electrons. The van der Waals surface area contributed by atoms with E-state index in [-0.39, 0.29) is 12.3 Å². The Morgan fingerprint density at radius 2 is 0.969 bits per heavy atom. The van der Waals surface area contributed by atoms with Crippen LogP contribution in [0.5, 0.6) is 0 Å². The number of aliphatic hydroxyl groups is 11. The molecule has 0 radical (unpaired) electrons. The van der Waals surface area contributed by atoms with E-state index in [2.05, 4.69) is 36.6 Å². The fourth-order valence-electron chi connectivity index (χ4n) is 13.3. The molecule has 3 saturated heterocycles. The Kier molecular flexibility index (Phi) is 49.2. The summed E-state index contributed by atoms with van der Waals surface area (Å²) < 4.78 is 34.8. The largest absolute Gasteiger partial charge is 0.477 e. The summed E-state index contributed by atoms with van der Waals surface area (Å²) in [6.45, 7) is 2.12. The van der Waals surface area contributed by atoms with Crippen molar-refractivity contribution in [3.05, 3.63) is 24.3 Å². The van der Waals surface area contributed by atoms with Crippen molar-refractivity contribution in [3.63, 3.8) is 0 Å². The quantitative estimate of drug-likeness (QED) is 0.0200. The molecule has 23 nitrogen and oxygen atoms in total. The number of ether oxygens (including phenoxy) is 6. The van der Waals surface area contributed by atoms with Crippen LogP contribution in [0.4, 0.5) is 0 Å². The van der Waals surface area contributed by atoms with E-state index in [0.717, 1.165) is 51.9 Å². The van der Waals surface area contributed by atoms with Gasteiger partial charge in [0.2, 0.25) is 11.8 Å². The van der Waals surface area contributed by atoms with Crippen LogP contribution in [0.15, 0.2) is 24.3 Å². The normalized spacial score (nSPS) is 27.5. The van der Waals surface area contributed by atoms with Crippen LogP contribution in [0, 0.1) is 0 Å². The maximum Gasteiger partial charge on any atom is 0.364 e. The van der Waals surface area contributed by atoms with Gasteiger partial charge in [0.25, 0.3) is 5.79 Å². The van der Waals surface area contributed by atoms with E-state index in [1.54, 1.807) is 6.08 Å². The Labute approximate surface area is 581 Å². The van der Waals surface area contributed by atoms with Gasteiger partial charge in [0, 0.05) is 19.8 Å². The highest BCUT2D eigenvalue weighted by Crippen LogP contribution is 2.39. The van der Waals surface area contributed by atoms with Crippen molar-refractivity contribution in [2.75, 3.05) is 26.4 Å². The summed E-state index contributed by atoms with van der Waals surface area (Å²) in [7, 11) is 0. The fourth-order valence-corrected chi connectivity index (χ4v) is 13.3. The van der Waals surface area contributed by atoms with Crippen LogP contribution in [0.2, 0.25) is 0 Å². The van der Waals surface area contributed by atoms with Gasteiger partial charge in [0.15, 0.2) is 12.6 Å². The summed E-state index contributed by atoms with van der Waals surface area (Å²) >= 11 is 0. The molecule has 3 rings (SSSR count). The van der Waals surface area contributed by atoms with E-state index in [4.69, 9.17) is 28.4 Å². The Hall–Kier alpha value is -2.79. The minimum absolute atomic E-state index is 0.203. The van der Waals surface area contributed by atoms with E-state index >= 15 is 0 Å². The van der Waals surface area contributed by atoms with Gasteiger partial charge in [0.05, 0.1) is 50.7 Å². The zero-order valence-electron chi connectivity index (χ0n) is 59.7. The summed E-state index contributed by atoms with van der Waals surface area (Å²) in [6, 6.07) is -2.61. The predicted octanol–water partition coefficient (Wildman–Crippen LogP) is 8.79. The monoisotopic (exact) mass is 1390 g/mol. The average molecular weight is 1390 g/mol. The van der Waals surface area contributed by atoms with Crippen LogP contribution in [-0.2, 0) is 42.8 Å². The zero-order valence-corrected chi connectivity index (χ0v) is 59.7. The lowest BCUT2D eigenvalue weighted by Crippen LogP contribution is -2.70. The van der Waals surface area contributed by atoms with E-state index < -0.39 is 155 Å². The highest BCUT2D eigenvalue weighted by atomic mass is 16.8. The van der Waals surface area contributed by atoms with Crippen LogP contribution in [0.3, 0.4) is 0 Å². The van der Waals surface area contributed by atoms with Crippen LogP contribution in [-0.4, -0.2) is 215 Å². The van der Waals surface area contributed by atoms with Crippen molar-refractivity contribution in [1.29, 1.82) is 0 Å². The number of amides is 2. The Balaban J connectivity index is 1.43. The molecule has 14 N–H and O–H groups in total. The Morgan fingerprint density at radius 1 is 0.536 bits per heavy atom. The number of carboxylic acids is 1. The van der Waals surface area contributed by atoms with Crippen molar-refractivity contribution in [2.45, 2.75) is 400 Å². The van der Waals surface area contributed by atoms with Crippen molar-refractivity contribution in [2.24, 2.45) is 0 Å². The molecule has 18 atom stereocenters. The summed E-state index contributed by atoms with van der Waals surface area (Å²) in [5.74, 6) is -6.14. The van der Waals surface area contributed by atoms with Gasteiger partial charge in [-0.05, 0) is 44.9 Å². The van der Waals surface area contributed by atoms with Gasteiger partial charge in [-0.25, -0.2) is 4.79 Å². The van der Waals surface area contributed by atoms with Crippen LogP contribution in [0.25, 0.3) is 0 Å². The number of unbranched alkanes of at least 4 members (excludes halogenated alkanes) is 37. The molecule has 0 spiro atoms. The molecule has 23 heteroatoms. The Morgan fingerprint density at radius 3 is 1.40 bits per heavy atom. The third-order valence-corrected chi connectivity index (χ3v) is 19.4. The van der Waals surface area contributed by atoms with Gasteiger partial charge >= 0.3 is 5.97 Å². The lowest BCUT2D eigenvalue weighted by Gasteiger charge is -2.50. The first-order valence-corrected chi connectivity index (χ1v) is 38.2. The molecule has 18 unspecified atom stereocenters. The number of aliphatic carboxylic acids is 1. The second kappa shape index (κ2) is 53.9. The first kappa shape index (κ1) is 88.4. The van der Waals surface area contributed by atoms with Crippen molar-refractivity contribution in [1.82, 2.24) is 10.6 Å². The van der Waals surface area contributed by atoms with Crippen LogP contribution < -0.4 is 10.6 Å². The number of allylic oxidation sites excluding steroid dienone is 3. The molecular weight excluding hydrogens is 1250 g/mol. The Bertz CT molecular complexity index is 2040. The minimum atomic E-state index is -3.08. The number of hydrogen-bond acceptors (Lipinski definition) is 20. The van der Waals surface area contributed by atoms with Gasteiger partial charge in [0.1, 0.15) is 67.1 Å². The molecule has 0 aromatic rings. The second-order valence-corrected chi connectivity index (χ2v) is 27.9. The summed E-state index contributed by atoms with van der Waals surface area (Å²) in [4.78, 5) is 38.5. The molecular formula is C74H136N2O21. The van der Waals surface area contributed by atoms with E-state index in [1.165, 1.54) is 199 Å². The first-order chi connectivity index (χ1) is 46.9. The molecule has 3 aliphatic heterocycles. The summed E-state index contributed by atoms with van der Waals surface area (Å²) in [6.07, 6.45) is 28.4. The van der Waals surface area contributed by atoms with E-state index in [0.29, 0.717) is 12.8 Å². The topological polar surface area (TPSA) is 373 Å². The zero-order chi connectivity index (χ0) is 71.1. The molecule has 3 aliphatic rings. The number of carbonyl (C=O) groups is 3. The van der Waals surface area contributed by atoms with Gasteiger partial charge in [-0.1, -0.05) is 250 Å². The van der Waals surface area contributed by atoms with E-state index in [9.17, 15) is 75.7 Å². The van der Waals surface area contributed by atoms with Gasteiger partial charge in [-0.15, -0.1) is 0 Å². The van der Waals surface area contributed by atoms with Crippen molar-refractivity contribution in [3.8, 4) is 0 Å². The first-order valence-electron chi connectivity index (χ1n) is 38.2. The fraction of sp³-hybridized carbons (Fsp3) is 0.905. The molecule has 3 fully saturated rings. The predicted molar refractivity (Wildman–Crippen MR) is 371 cm³/mol. The average Bonchev–Trinajstić information content (AvgIpc) is 0.743. The molecule has 0 saturated carbocycles. The lowest BCUT2D eigenvalue weighted by atomic mass is 9.88. The number of carbonyl (C=O) groups excluding carboxylic acids is 2.